The first-order valence-electron chi connectivity index (χ1n) is 6.11. The molecule has 0 saturated heterocycles. The molecule has 0 unspecified atom stereocenters. The highest BCUT2D eigenvalue weighted by Gasteiger charge is 2.29. The van der Waals surface area contributed by atoms with Gasteiger partial charge in [0.2, 0.25) is 11.9 Å². The third-order valence-electron chi connectivity index (χ3n) is 2.66. The van der Waals surface area contributed by atoms with Gasteiger partial charge in [-0.1, -0.05) is 26.0 Å². The SMILES string of the molecule is CC(C)(C)c1c(C(=O)O)nnn1Cc1nc(N)nc(N)n1. The number of nitrogens with zero attached hydrogens (tertiary/aromatic N) is 6. The van der Waals surface area contributed by atoms with E-state index in [2.05, 4.69) is 25.3 Å². The molecule has 0 bridgehead atoms. The molecule has 112 valence electrons. The lowest BCUT2D eigenvalue weighted by atomic mass is 9.90. The minimum Gasteiger partial charge on any atom is -0.476 e. The molecule has 0 amide bonds. The Hall–Kier alpha value is -2.78. The predicted molar refractivity (Wildman–Crippen MR) is 73.4 cm³/mol. The van der Waals surface area contributed by atoms with Crippen LogP contribution >= 0.6 is 0 Å². The van der Waals surface area contributed by atoms with Crippen LogP contribution in [0.3, 0.4) is 0 Å². The summed E-state index contributed by atoms with van der Waals surface area (Å²) >= 11 is 0. The van der Waals surface area contributed by atoms with Gasteiger partial charge in [-0.05, 0) is 0 Å². The van der Waals surface area contributed by atoms with Crippen molar-refractivity contribution in [1.82, 2.24) is 29.9 Å². The molecule has 10 heteroatoms. The molecule has 2 heterocycles. The number of carboxylic acid groups (broad SMARTS) is 1. The van der Waals surface area contributed by atoms with Gasteiger partial charge in [-0.15, -0.1) is 5.10 Å². The highest BCUT2D eigenvalue weighted by atomic mass is 16.4. The summed E-state index contributed by atoms with van der Waals surface area (Å²) in [6.07, 6.45) is 0. The first kappa shape index (κ1) is 14.6. The predicted octanol–water partition coefficient (Wildman–Crippen LogP) is -0.328. The molecule has 0 radical (unpaired) electrons. The van der Waals surface area contributed by atoms with Crippen molar-refractivity contribution in [2.45, 2.75) is 32.7 Å². The zero-order valence-electron chi connectivity index (χ0n) is 11.9. The normalized spacial score (nSPS) is 11.6. The van der Waals surface area contributed by atoms with Crippen molar-refractivity contribution in [2.75, 3.05) is 11.5 Å². The molecule has 0 aromatic carbocycles. The lowest BCUT2D eigenvalue weighted by molar-refractivity contribution is 0.0687. The summed E-state index contributed by atoms with van der Waals surface area (Å²) in [7, 11) is 0. The average Bonchev–Trinajstić information content (AvgIpc) is 2.70. The Bertz CT molecular complexity index is 668. The lowest BCUT2D eigenvalue weighted by Crippen LogP contribution is -2.23. The van der Waals surface area contributed by atoms with Gasteiger partial charge in [0.05, 0.1) is 5.69 Å². The van der Waals surface area contributed by atoms with Crippen LogP contribution in [-0.2, 0) is 12.0 Å². The van der Waals surface area contributed by atoms with Gasteiger partial charge in [-0.2, -0.15) is 15.0 Å². The van der Waals surface area contributed by atoms with E-state index < -0.39 is 11.4 Å². The number of anilines is 2. The summed E-state index contributed by atoms with van der Waals surface area (Å²) in [6, 6.07) is 0. The van der Waals surface area contributed by atoms with E-state index in [1.807, 2.05) is 20.8 Å². The standard InChI is InChI=1S/C11H16N8O2/c1-11(2,3)7-6(8(20)21)17-18-19(7)4-5-14-9(12)16-10(13)15-5/h4H2,1-3H3,(H,20,21)(H4,12,13,14,15,16). The Morgan fingerprint density at radius 2 is 1.76 bits per heavy atom. The molecule has 0 saturated carbocycles. The molecule has 0 aliphatic carbocycles. The molecule has 2 rings (SSSR count). The summed E-state index contributed by atoms with van der Waals surface area (Å²) in [5, 5.41) is 16.8. The van der Waals surface area contributed by atoms with Crippen molar-refractivity contribution in [1.29, 1.82) is 0 Å². The first-order chi connectivity index (χ1) is 9.68. The number of aromatic nitrogens is 6. The second-order valence-electron chi connectivity index (χ2n) is 5.47. The largest absolute Gasteiger partial charge is 0.476 e. The van der Waals surface area contributed by atoms with E-state index >= 15 is 0 Å². The average molecular weight is 292 g/mol. The van der Waals surface area contributed by atoms with Crippen molar-refractivity contribution < 1.29 is 9.90 Å². The summed E-state index contributed by atoms with van der Waals surface area (Å²) < 4.78 is 1.43. The number of carbonyl (C=O) groups is 1. The van der Waals surface area contributed by atoms with Gasteiger partial charge in [0.1, 0.15) is 6.54 Å². The van der Waals surface area contributed by atoms with Crippen molar-refractivity contribution >= 4 is 17.9 Å². The summed E-state index contributed by atoms with van der Waals surface area (Å²) in [5.74, 6) is -0.866. The van der Waals surface area contributed by atoms with E-state index in [4.69, 9.17) is 11.5 Å². The molecule has 0 atom stereocenters. The molecule has 2 aromatic rings. The van der Waals surface area contributed by atoms with E-state index in [1.165, 1.54) is 4.68 Å². The van der Waals surface area contributed by atoms with Crippen LogP contribution in [0.4, 0.5) is 11.9 Å². The number of nitrogens with two attached hydrogens (primary N) is 2. The minimum atomic E-state index is -1.14. The van der Waals surface area contributed by atoms with Crippen LogP contribution in [0, 0.1) is 0 Å². The Balaban J connectivity index is 2.47. The van der Waals surface area contributed by atoms with E-state index in [0.717, 1.165) is 0 Å². The molecule has 5 N–H and O–H groups in total. The number of hydrogen-bond donors (Lipinski definition) is 3. The van der Waals surface area contributed by atoms with Gasteiger partial charge in [0.25, 0.3) is 0 Å². The second-order valence-corrected chi connectivity index (χ2v) is 5.47. The topological polar surface area (TPSA) is 159 Å². The number of hydrogen-bond acceptors (Lipinski definition) is 8. The Morgan fingerprint density at radius 1 is 1.19 bits per heavy atom. The van der Waals surface area contributed by atoms with Crippen LogP contribution in [0.5, 0.6) is 0 Å². The fourth-order valence-electron chi connectivity index (χ4n) is 1.97. The molecular weight excluding hydrogens is 276 g/mol. The highest BCUT2D eigenvalue weighted by molar-refractivity contribution is 5.86. The number of carboxylic acids is 1. The molecule has 0 aliphatic heterocycles. The van der Waals surface area contributed by atoms with E-state index in [-0.39, 0.29) is 30.0 Å². The van der Waals surface area contributed by atoms with Crippen molar-refractivity contribution in [3.63, 3.8) is 0 Å². The fourth-order valence-corrected chi connectivity index (χ4v) is 1.97. The van der Waals surface area contributed by atoms with E-state index in [1.54, 1.807) is 0 Å². The third kappa shape index (κ3) is 3.04. The summed E-state index contributed by atoms with van der Waals surface area (Å²) in [5.41, 5.74) is 10.9. The van der Waals surface area contributed by atoms with Crippen LogP contribution in [0.1, 0.15) is 42.8 Å². The Kier molecular flexibility index (Phi) is 3.45. The van der Waals surface area contributed by atoms with Crippen LogP contribution < -0.4 is 11.5 Å². The summed E-state index contributed by atoms with van der Waals surface area (Å²) in [6.45, 7) is 5.70. The number of nitrogen functional groups attached to an aromatic ring is 2. The Morgan fingerprint density at radius 3 is 2.24 bits per heavy atom. The molecule has 0 fully saturated rings. The van der Waals surface area contributed by atoms with Crippen molar-refractivity contribution in [3.8, 4) is 0 Å². The van der Waals surface area contributed by atoms with Crippen LogP contribution in [0.25, 0.3) is 0 Å². The molecule has 21 heavy (non-hydrogen) atoms. The van der Waals surface area contributed by atoms with Crippen LogP contribution in [0.2, 0.25) is 0 Å². The third-order valence-corrected chi connectivity index (χ3v) is 2.66. The monoisotopic (exact) mass is 292 g/mol. The van der Waals surface area contributed by atoms with Gasteiger partial charge in [-0.25, -0.2) is 9.48 Å². The highest BCUT2D eigenvalue weighted by Crippen LogP contribution is 2.25. The lowest BCUT2D eigenvalue weighted by Gasteiger charge is -2.20. The minimum absolute atomic E-state index is 0.00613. The fraction of sp³-hybridized carbons (Fsp3) is 0.455. The maximum Gasteiger partial charge on any atom is 0.358 e. The number of aromatic carboxylic acids is 1. The van der Waals surface area contributed by atoms with Gasteiger partial charge < -0.3 is 16.6 Å². The van der Waals surface area contributed by atoms with Gasteiger partial charge in [-0.3, -0.25) is 0 Å². The van der Waals surface area contributed by atoms with E-state index in [9.17, 15) is 9.90 Å². The smallest absolute Gasteiger partial charge is 0.358 e. The summed E-state index contributed by atoms with van der Waals surface area (Å²) in [4.78, 5) is 22.8. The van der Waals surface area contributed by atoms with Crippen LogP contribution in [0.15, 0.2) is 0 Å². The van der Waals surface area contributed by atoms with Crippen molar-refractivity contribution in [2.24, 2.45) is 0 Å². The van der Waals surface area contributed by atoms with Gasteiger partial charge in [0.15, 0.2) is 11.5 Å². The molecule has 2 aromatic heterocycles. The van der Waals surface area contributed by atoms with Gasteiger partial charge >= 0.3 is 5.97 Å². The molecule has 0 aliphatic rings. The van der Waals surface area contributed by atoms with Crippen molar-refractivity contribution in [3.05, 3.63) is 17.2 Å². The first-order valence-corrected chi connectivity index (χ1v) is 6.11. The zero-order valence-corrected chi connectivity index (χ0v) is 11.9. The zero-order chi connectivity index (χ0) is 15.8. The number of rotatable bonds is 3. The Labute approximate surface area is 120 Å². The van der Waals surface area contributed by atoms with Crippen LogP contribution in [-0.4, -0.2) is 41.0 Å². The molecular formula is C11H16N8O2. The molecule has 0 spiro atoms. The van der Waals surface area contributed by atoms with Gasteiger partial charge in [0, 0.05) is 5.41 Å². The van der Waals surface area contributed by atoms with E-state index in [0.29, 0.717) is 5.69 Å². The quantitative estimate of drug-likeness (QED) is 0.688. The maximum absolute atomic E-state index is 11.2. The maximum atomic E-state index is 11.2. The second kappa shape index (κ2) is 4.96. The molecule has 10 nitrogen and oxygen atoms in total.